The summed E-state index contributed by atoms with van der Waals surface area (Å²) in [7, 11) is 1.22. The average Bonchev–Trinajstić information content (AvgIpc) is 3.24. The first kappa shape index (κ1) is 19.6. The van der Waals surface area contributed by atoms with Gasteiger partial charge in [0.25, 0.3) is 0 Å². The lowest BCUT2D eigenvalue weighted by Crippen LogP contribution is -2.47. The van der Waals surface area contributed by atoms with E-state index in [0.717, 1.165) is 0 Å². The molecule has 27 heavy (non-hydrogen) atoms. The number of ether oxygens (including phenoxy) is 5. The largest absolute Gasteiger partial charge is 0.469 e. The highest BCUT2D eigenvalue weighted by Crippen LogP contribution is 2.51. The van der Waals surface area contributed by atoms with Crippen LogP contribution >= 0.6 is 0 Å². The maximum atomic E-state index is 12.2. The van der Waals surface area contributed by atoms with Gasteiger partial charge in [-0.1, -0.05) is 6.92 Å². The Labute approximate surface area is 156 Å². The van der Waals surface area contributed by atoms with Crippen LogP contribution in [0.15, 0.2) is 0 Å². The predicted molar refractivity (Wildman–Crippen MR) is 87.1 cm³/mol. The van der Waals surface area contributed by atoms with Crippen LogP contribution < -0.4 is 0 Å². The molecule has 0 aromatic heterocycles. The van der Waals surface area contributed by atoms with Crippen molar-refractivity contribution in [2.24, 2.45) is 17.3 Å². The van der Waals surface area contributed by atoms with Gasteiger partial charge in [0, 0.05) is 0 Å². The fourth-order valence-electron chi connectivity index (χ4n) is 3.65. The van der Waals surface area contributed by atoms with E-state index < -0.39 is 59.6 Å². The maximum Gasteiger partial charge on any atom is 0.313 e. The topological polar surface area (TPSA) is 114 Å². The second-order valence-corrected chi connectivity index (χ2v) is 7.62. The summed E-state index contributed by atoms with van der Waals surface area (Å²) in [6.45, 7) is 5.28. The Morgan fingerprint density at radius 1 is 1.15 bits per heavy atom. The number of carbonyl (C=O) groups excluding carboxylic acids is 4. The van der Waals surface area contributed by atoms with Crippen molar-refractivity contribution in [3.05, 3.63) is 0 Å². The molecule has 0 N–H and O–H groups in total. The second kappa shape index (κ2) is 7.10. The zero-order valence-electron chi connectivity index (χ0n) is 15.8. The summed E-state index contributed by atoms with van der Waals surface area (Å²) in [6, 6.07) is 0. The number of hydrogen-bond donors (Lipinski definition) is 0. The normalized spacial score (nSPS) is 33.6. The van der Waals surface area contributed by atoms with Crippen LogP contribution in [0, 0.1) is 17.3 Å². The van der Waals surface area contributed by atoms with Gasteiger partial charge < -0.3 is 23.7 Å². The van der Waals surface area contributed by atoms with Gasteiger partial charge in [0.1, 0.15) is 30.7 Å². The lowest BCUT2D eigenvalue weighted by molar-refractivity contribution is -0.166. The van der Waals surface area contributed by atoms with Crippen molar-refractivity contribution in [3.63, 3.8) is 0 Å². The summed E-state index contributed by atoms with van der Waals surface area (Å²) in [5, 5.41) is 0. The van der Waals surface area contributed by atoms with Crippen molar-refractivity contribution in [3.8, 4) is 0 Å². The molecule has 150 valence electrons. The molecule has 3 fully saturated rings. The van der Waals surface area contributed by atoms with E-state index in [4.69, 9.17) is 23.7 Å². The summed E-state index contributed by atoms with van der Waals surface area (Å²) in [6.07, 6.45) is -2.54. The van der Waals surface area contributed by atoms with E-state index in [9.17, 15) is 19.2 Å². The molecule has 9 heteroatoms. The average molecular weight is 384 g/mol. The monoisotopic (exact) mass is 384 g/mol. The van der Waals surface area contributed by atoms with E-state index in [-0.39, 0.29) is 19.0 Å². The molecule has 0 amide bonds. The molecule has 9 nitrogen and oxygen atoms in total. The molecule has 0 spiro atoms. The van der Waals surface area contributed by atoms with Gasteiger partial charge in [0.2, 0.25) is 0 Å². The zero-order valence-corrected chi connectivity index (χ0v) is 15.8. The summed E-state index contributed by atoms with van der Waals surface area (Å²) < 4.78 is 26.2. The summed E-state index contributed by atoms with van der Waals surface area (Å²) in [5.74, 6) is -3.73. The molecular formula is C18H24O9. The van der Waals surface area contributed by atoms with Crippen LogP contribution in [0.3, 0.4) is 0 Å². The van der Waals surface area contributed by atoms with E-state index in [1.54, 1.807) is 13.8 Å². The van der Waals surface area contributed by atoms with E-state index in [1.807, 2.05) is 6.92 Å². The van der Waals surface area contributed by atoms with Gasteiger partial charge in [-0.3, -0.25) is 19.2 Å². The number of methoxy groups -OCH3 is 1. The van der Waals surface area contributed by atoms with Gasteiger partial charge in [0.05, 0.1) is 18.9 Å². The Bertz CT molecular complexity index is 655. The smallest absolute Gasteiger partial charge is 0.313 e. The molecule has 0 aromatic rings. The van der Waals surface area contributed by atoms with Crippen LogP contribution in [0.4, 0.5) is 0 Å². The Balaban J connectivity index is 1.57. The highest BCUT2D eigenvalue weighted by Gasteiger charge is 2.71. The lowest BCUT2D eigenvalue weighted by Gasteiger charge is -2.26. The van der Waals surface area contributed by atoms with Crippen LogP contribution in [0.2, 0.25) is 0 Å². The third-order valence-corrected chi connectivity index (χ3v) is 5.62. The number of carbonyl (C=O) groups is 4. The van der Waals surface area contributed by atoms with Crippen molar-refractivity contribution >= 4 is 23.9 Å². The number of hydrogen-bond acceptors (Lipinski definition) is 9. The molecule has 3 aliphatic heterocycles. The van der Waals surface area contributed by atoms with Crippen molar-refractivity contribution < 1.29 is 42.9 Å². The molecule has 6 unspecified atom stereocenters. The van der Waals surface area contributed by atoms with E-state index in [2.05, 4.69) is 0 Å². The van der Waals surface area contributed by atoms with Gasteiger partial charge >= 0.3 is 23.9 Å². The molecule has 3 rings (SSSR count). The minimum atomic E-state index is -0.878. The Kier molecular flexibility index (Phi) is 5.16. The van der Waals surface area contributed by atoms with Gasteiger partial charge in [-0.2, -0.15) is 0 Å². The van der Waals surface area contributed by atoms with Gasteiger partial charge in [-0.25, -0.2) is 0 Å². The number of fused-ring (bicyclic) bond motifs is 1. The Morgan fingerprint density at radius 2 is 1.85 bits per heavy atom. The van der Waals surface area contributed by atoms with Crippen LogP contribution in [0.25, 0.3) is 0 Å². The summed E-state index contributed by atoms with van der Waals surface area (Å²) in [5.41, 5.74) is -0.622. The molecule has 3 aliphatic rings. The van der Waals surface area contributed by atoms with E-state index in [0.29, 0.717) is 6.42 Å². The Hall–Kier alpha value is -2.16. The molecule has 0 saturated carbocycles. The fraction of sp³-hybridized carbons (Fsp3) is 0.778. The molecular weight excluding hydrogens is 360 g/mol. The first-order valence-electron chi connectivity index (χ1n) is 9.01. The number of rotatable bonds is 7. The van der Waals surface area contributed by atoms with Crippen molar-refractivity contribution in [1.82, 2.24) is 0 Å². The zero-order chi connectivity index (χ0) is 19.9. The summed E-state index contributed by atoms with van der Waals surface area (Å²) in [4.78, 5) is 48.1. The SMILES string of the molecule is CCC(C)(C)C(=O)OCCC(=O)OC1C2OC(=O)C3C2OC1C3C(=O)OC. The quantitative estimate of drug-likeness (QED) is 0.454. The minimum Gasteiger partial charge on any atom is -0.469 e. The third kappa shape index (κ3) is 3.28. The molecule has 0 aliphatic carbocycles. The minimum absolute atomic E-state index is 0.115. The maximum absolute atomic E-state index is 12.2. The van der Waals surface area contributed by atoms with Gasteiger partial charge in [0.15, 0.2) is 12.2 Å². The number of esters is 4. The van der Waals surface area contributed by atoms with Gasteiger partial charge in [-0.05, 0) is 20.3 Å². The molecule has 0 radical (unpaired) electrons. The standard InChI is InChI=1S/C18H24O9/c1-5-18(2,3)17(22)24-7-6-8(19)25-13-11-9(15(20)23-4)10-12(26-11)14(13)27-16(10)21/h9-14H,5-7H2,1-4H3. The van der Waals surface area contributed by atoms with Crippen LogP contribution in [0.1, 0.15) is 33.6 Å². The van der Waals surface area contributed by atoms with Crippen molar-refractivity contribution in [2.75, 3.05) is 13.7 Å². The molecule has 3 saturated heterocycles. The predicted octanol–water partition coefficient (Wildman–Crippen LogP) is 0.380. The van der Waals surface area contributed by atoms with E-state index >= 15 is 0 Å². The first-order valence-corrected chi connectivity index (χ1v) is 9.01. The van der Waals surface area contributed by atoms with Crippen LogP contribution in [0.5, 0.6) is 0 Å². The first-order chi connectivity index (χ1) is 12.7. The van der Waals surface area contributed by atoms with Crippen molar-refractivity contribution in [2.45, 2.75) is 58.0 Å². The fourth-order valence-corrected chi connectivity index (χ4v) is 3.65. The van der Waals surface area contributed by atoms with Crippen LogP contribution in [-0.2, 0) is 42.9 Å². The highest BCUT2D eigenvalue weighted by atomic mass is 16.7. The molecule has 2 bridgehead atoms. The van der Waals surface area contributed by atoms with E-state index in [1.165, 1.54) is 7.11 Å². The third-order valence-electron chi connectivity index (χ3n) is 5.62. The van der Waals surface area contributed by atoms with Crippen LogP contribution in [-0.4, -0.2) is 62.0 Å². The van der Waals surface area contributed by atoms with Crippen molar-refractivity contribution in [1.29, 1.82) is 0 Å². The lowest BCUT2D eigenvalue weighted by atomic mass is 9.78. The van der Waals surface area contributed by atoms with Gasteiger partial charge in [-0.15, -0.1) is 0 Å². The highest BCUT2D eigenvalue weighted by molar-refractivity contribution is 5.86. The molecule has 0 aromatic carbocycles. The Morgan fingerprint density at radius 3 is 2.48 bits per heavy atom. The molecule has 6 atom stereocenters. The summed E-state index contributed by atoms with van der Waals surface area (Å²) >= 11 is 0. The molecule has 3 heterocycles. The second-order valence-electron chi connectivity index (χ2n) is 7.62.